The first-order valence-corrected chi connectivity index (χ1v) is 6.46. The average Bonchev–Trinajstić information content (AvgIpc) is 2.73. The Morgan fingerprint density at radius 2 is 2.17 bits per heavy atom. The first kappa shape index (κ1) is 13.4. The van der Waals surface area contributed by atoms with Crippen LogP contribution in [-0.4, -0.2) is 32.1 Å². The molecular formula is C14H20F2N2. The molecule has 1 aromatic carbocycles. The second-order valence-corrected chi connectivity index (χ2v) is 4.95. The van der Waals surface area contributed by atoms with E-state index in [2.05, 4.69) is 10.2 Å². The van der Waals surface area contributed by atoms with Crippen LogP contribution >= 0.6 is 0 Å². The van der Waals surface area contributed by atoms with E-state index in [1.165, 1.54) is 6.07 Å². The van der Waals surface area contributed by atoms with E-state index in [9.17, 15) is 8.78 Å². The van der Waals surface area contributed by atoms with Gasteiger partial charge in [0.05, 0.1) is 0 Å². The van der Waals surface area contributed by atoms with E-state index in [0.29, 0.717) is 12.0 Å². The fraction of sp³-hybridized carbons (Fsp3) is 0.571. The predicted octanol–water partition coefficient (Wildman–Crippen LogP) is 2.49. The van der Waals surface area contributed by atoms with Gasteiger partial charge in [0.15, 0.2) is 0 Å². The monoisotopic (exact) mass is 254 g/mol. The highest BCUT2D eigenvalue weighted by Crippen LogP contribution is 2.36. The van der Waals surface area contributed by atoms with Crippen LogP contribution in [0.1, 0.15) is 30.0 Å². The maximum atomic E-state index is 13.6. The molecule has 1 aliphatic rings. The summed E-state index contributed by atoms with van der Waals surface area (Å²) in [6, 6.07) is 2.63. The van der Waals surface area contributed by atoms with E-state index in [1.54, 1.807) is 0 Å². The molecule has 2 rings (SSSR count). The lowest BCUT2D eigenvalue weighted by atomic mass is 10.1. The fourth-order valence-electron chi connectivity index (χ4n) is 2.74. The van der Waals surface area contributed by atoms with Gasteiger partial charge in [0, 0.05) is 12.1 Å². The summed E-state index contributed by atoms with van der Waals surface area (Å²) in [5, 5.41) is 3.10. The van der Waals surface area contributed by atoms with Gasteiger partial charge in [0.1, 0.15) is 11.6 Å². The Morgan fingerprint density at radius 3 is 2.89 bits per heavy atom. The first-order chi connectivity index (χ1) is 8.63. The molecule has 4 heteroatoms. The lowest BCUT2D eigenvalue weighted by molar-refractivity contribution is 0.241. The van der Waals surface area contributed by atoms with Crippen molar-refractivity contribution in [3.05, 3.63) is 34.9 Å². The standard InChI is InChI=1S/C14H20F2N2/c1-17-6-3-7-18(2)14-5-4-11-12(14)8-10(15)9-13(11)16/h8-9,14,17H,3-7H2,1-2H3. The largest absolute Gasteiger partial charge is 0.320 e. The summed E-state index contributed by atoms with van der Waals surface area (Å²) in [5.41, 5.74) is 1.53. The number of nitrogens with one attached hydrogen (secondary N) is 1. The number of rotatable bonds is 5. The summed E-state index contributed by atoms with van der Waals surface area (Å²) in [4.78, 5) is 2.20. The number of nitrogens with zero attached hydrogens (tertiary/aromatic N) is 1. The van der Waals surface area contributed by atoms with E-state index < -0.39 is 11.6 Å². The van der Waals surface area contributed by atoms with Gasteiger partial charge >= 0.3 is 0 Å². The molecule has 0 saturated heterocycles. The van der Waals surface area contributed by atoms with E-state index in [-0.39, 0.29) is 6.04 Å². The van der Waals surface area contributed by atoms with Gasteiger partial charge in [0.25, 0.3) is 0 Å². The van der Waals surface area contributed by atoms with Crippen molar-refractivity contribution in [1.29, 1.82) is 0 Å². The highest BCUT2D eigenvalue weighted by atomic mass is 19.1. The smallest absolute Gasteiger partial charge is 0.129 e. The van der Waals surface area contributed by atoms with Crippen molar-refractivity contribution in [1.82, 2.24) is 10.2 Å². The van der Waals surface area contributed by atoms with Crippen LogP contribution in [0.25, 0.3) is 0 Å². The molecule has 1 aromatic rings. The van der Waals surface area contributed by atoms with Crippen LogP contribution in [0.3, 0.4) is 0 Å². The van der Waals surface area contributed by atoms with Crippen LogP contribution in [-0.2, 0) is 6.42 Å². The SMILES string of the molecule is CNCCCN(C)C1CCc2c(F)cc(F)cc21. The van der Waals surface area contributed by atoms with Gasteiger partial charge in [-0.05, 0) is 63.6 Å². The van der Waals surface area contributed by atoms with Crippen LogP contribution in [0.15, 0.2) is 12.1 Å². The van der Waals surface area contributed by atoms with Gasteiger partial charge in [-0.15, -0.1) is 0 Å². The van der Waals surface area contributed by atoms with E-state index in [4.69, 9.17) is 0 Å². The van der Waals surface area contributed by atoms with E-state index in [0.717, 1.165) is 37.6 Å². The Labute approximate surface area is 107 Å². The molecule has 1 N–H and O–H groups in total. The molecule has 0 spiro atoms. The van der Waals surface area contributed by atoms with Crippen LogP contribution in [0.5, 0.6) is 0 Å². The topological polar surface area (TPSA) is 15.3 Å². The minimum Gasteiger partial charge on any atom is -0.320 e. The van der Waals surface area contributed by atoms with E-state index >= 15 is 0 Å². The van der Waals surface area contributed by atoms with Gasteiger partial charge in [0.2, 0.25) is 0 Å². The number of halogens is 2. The zero-order chi connectivity index (χ0) is 13.1. The Hall–Kier alpha value is -1.00. The summed E-state index contributed by atoms with van der Waals surface area (Å²) in [7, 11) is 3.95. The molecule has 0 saturated carbocycles. The van der Waals surface area contributed by atoms with Gasteiger partial charge < -0.3 is 5.32 Å². The lowest BCUT2D eigenvalue weighted by Gasteiger charge is -2.25. The molecule has 1 aliphatic carbocycles. The van der Waals surface area contributed by atoms with Gasteiger partial charge in [-0.25, -0.2) is 8.78 Å². The molecule has 1 atom stereocenters. The fourth-order valence-corrected chi connectivity index (χ4v) is 2.74. The zero-order valence-electron chi connectivity index (χ0n) is 11.0. The summed E-state index contributed by atoms with van der Waals surface area (Å²) < 4.78 is 26.9. The number of hydrogen-bond donors (Lipinski definition) is 1. The average molecular weight is 254 g/mol. The lowest BCUT2D eigenvalue weighted by Crippen LogP contribution is -2.26. The van der Waals surface area contributed by atoms with Crippen LogP contribution in [0.2, 0.25) is 0 Å². The first-order valence-electron chi connectivity index (χ1n) is 6.46. The van der Waals surface area contributed by atoms with Crippen LogP contribution in [0, 0.1) is 11.6 Å². The molecule has 2 nitrogen and oxygen atoms in total. The summed E-state index contributed by atoms with van der Waals surface area (Å²) in [6.07, 6.45) is 2.63. The van der Waals surface area contributed by atoms with Gasteiger partial charge in [-0.3, -0.25) is 4.90 Å². The summed E-state index contributed by atoms with van der Waals surface area (Å²) >= 11 is 0. The number of benzene rings is 1. The van der Waals surface area contributed by atoms with E-state index in [1.807, 2.05) is 14.1 Å². The molecule has 1 unspecified atom stereocenters. The molecule has 0 heterocycles. The quantitative estimate of drug-likeness (QED) is 0.812. The minimum absolute atomic E-state index is 0.155. The summed E-state index contributed by atoms with van der Waals surface area (Å²) in [6.45, 7) is 1.89. The van der Waals surface area contributed by atoms with Gasteiger partial charge in [-0.1, -0.05) is 0 Å². The second kappa shape index (κ2) is 5.76. The third-order valence-electron chi connectivity index (χ3n) is 3.69. The normalized spacial score (nSPS) is 18.4. The Bertz CT molecular complexity index is 421. The molecule has 0 bridgehead atoms. The molecule has 18 heavy (non-hydrogen) atoms. The van der Waals surface area contributed by atoms with Crippen molar-refractivity contribution in [3.63, 3.8) is 0 Å². The Balaban J connectivity index is 2.10. The highest BCUT2D eigenvalue weighted by molar-refractivity contribution is 5.36. The van der Waals surface area contributed by atoms with Crippen molar-refractivity contribution in [2.24, 2.45) is 0 Å². The predicted molar refractivity (Wildman–Crippen MR) is 68.6 cm³/mol. The highest BCUT2D eigenvalue weighted by Gasteiger charge is 2.28. The maximum absolute atomic E-state index is 13.6. The van der Waals surface area contributed by atoms with Crippen LogP contribution < -0.4 is 5.32 Å². The second-order valence-electron chi connectivity index (χ2n) is 4.95. The number of hydrogen-bond acceptors (Lipinski definition) is 2. The molecule has 0 aliphatic heterocycles. The van der Waals surface area contributed by atoms with Crippen molar-refractivity contribution >= 4 is 0 Å². The third-order valence-corrected chi connectivity index (χ3v) is 3.69. The van der Waals surface area contributed by atoms with Crippen molar-refractivity contribution in [2.45, 2.75) is 25.3 Å². The molecular weight excluding hydrogens is 234 g/mol. The molecule has 0 aromatic heterocycles. The summed E-state index contributed by atoms with van der Waals surface area (Å²) in [5.74, 6) is -0.863. The Kier molecular flexibility index (Phi) is 4.30. The van der Waals surface area contributed by atoms with Crippen LogP contribution in [0.4, 0.5) is 8.78 Å². The molecule has 0 radical (unpaired) electrons. The van der Waals surface area contributed by atoms with Gasteiger partial charge in [-0.2, -0.15) is 0 Å². The molecule has 0 amide bonds. The number of fused-ring (bicyclic) bond motifs is 1. The Morgan fingerprint density at radius 1 is 1.39 bits per heavy atom. The zero-order valence-corrected chi connectivity index (χ0v) is 11.0. The van der Waals surface area contributed by atoms with Crippen molar-refractivity contribution < 1.29 is 8.78 Å². The van der Waals surface area contributed by atoms with Crippen molar-refractivity contribution in [3.8, 4) is 0 Å². The van der Waals surface area contributed by atoms with Crippen molar-refractivity contribution in [2.75, 3.05) is 27.2 Å². The third kappa shape index (κ3) is 2.70. The minimum atomic E-state index is -0.471. The molecule has 100 valence electrons. The molecule has 0 fully saturated rings. The maximum Gasteiger partial charge on any atom is 0.129 e.